The monoisotopic (exact) mass is 343 g/mol. The van der Waals surface area contributed by atoms with Gasteiger partial charge in [0.25, 0.3) is 0 Å². The number of amides is 1. The van der Waals surface area contributed by atoms with E-state index in [0.29, 0.717) is 12.3 Å². The first-order chi connectivity index (χ1) is 11.4. The van der Waals surface area contributed by atoms with Gasteiger partial charge in [0, 0.05) is 11.4 Å². The van der Waals surface area contributed by atoms with Crippen LogP contribution in [0.1, 0.15) is 31.9 Å². The van der Waals surface area contributed by atoms with Crippen LogP contribution in [0, 0.1) is 0 Å². The van der Waals surface area contributed by atoms with E-state index < -0.39 is 0 Å². The lowest BCUT2D eigenvalue weighted by Crippen LogP contribution is -2.24. The van der Waals surface area contributed by atoms with Crippen LogP contribution in [0.5, 0.6) is 5.75 Å². The summed E-state index contributed by atoms with van der Waals surface area (Å²) in [6, 6.07) is 16.1. The second kappa shape index (κ2) is 8.25. The summed E-state index contributed by atoms with van der Waals surface area (Å²) in [5, 5.41) is 2.94. The largest absolute Gasteiger partial charge is 0.497 e. The van der Waals surface area contributed by atoms with Crippen molar-refractivity contribution in [1.29, 1.82) is 0 Å². The van der Waals surface area contributed by atoms with Gasteiger partial charge in [-0.2, -0.15) is 0 Å². The van der Waals surface area contributed by atoms with Gasteiger partial charge >= 0.3 is 0 Å². The molecule has 3 nitrogen and oxygen atoms in total. The predicted molar refractivity (Wildman–Crippen MR) is 101 cm³/mol. The Bertz CT molecular complexity index is 658. The second-order valence-electron chi connectivity index (χ2n) is 6.69. The van der Waals surface area contributed by atoms with E-state index in [1.807, 2.05) is 24.3 Å². The lowest BCUT2D eigenvalue weighted by Gasteiger charge is -2.19. The minimum absolute atomic E-state index is 0.0377. The topological polar surface area (TPSA) is 38.3 Å². The molecule has 0 saturated carbocycles. The van der Waals surface area contributed by atoms with E-state index >= 15 is 0 Å². The highest BCUT2D eigenvalue weighted by Crippen LogP contribution is 2.25. The van der Waals surface area contributed by atoms with Gasteiger partial charge in [-0.1, -0.05) is 45.0 Å². The third kappa shape index (κ3) is 5.60. The van der Waals surface area contributed by atoms with E-state index in [-0.39, 0.29) is 11.3 Å². The summed E-state index contributed by atoms with van der Waals surface area (Å²) in [5.74, 6) is 1.28. The molecule has 0 aliphatic rings. The van der Waals surface area contributed by atoms with E-state index in [4.69, 9.17) is 4.74 Å². The van der Waals surface area contributed by atoms with Crippen molar-refractivity contribution >= 4 is 17.7 Å². The molecule has 0 heterocycles. The highest BCUT2D eigenvalue weighted by atomic mass is 32.2. The number of methoxy groups -OCH3 is 1. The van der Waals surface area contributed by atoms with Gasteiger partial charge in [-0.25, -0.2) is 0 Å². The molecule has 0 aliphatic carbocycles. The molecular formula is C20H25NO2S. The number of carbonyl (C=O) groups is 1. The summed E-state index contributed by atoms with van der Waals surface area (Å²) in [4.78, 5) is 13.1. The van der Waals surface area contributed by atoms with Crippen molar-refractivity contribution in [3.05, 3.63) is 59.7 Å². The fraction of sp³-hybridized carbons (Fsp3) is 0.350. The molecule has 2 rings (SSSR count). The van der Waals surface area contributed by atoms with Crippen LogP contribution in [0.25, 0.3) is 0 Å². The number of nitrogens with one attached hydrogen (secondary N) is 1. The van der Waals surface area contributed by atoms with E-state index in [2.05, 4.69) is 50.4 Å². The Hall–Kier alpha value is -1.94. The molecule has 0 unspecified atom stereocenters. The first-order valence-corrected chi connectivity index (χ1v) is 9.00. The molecule has 2 aromatic carbocycles. The van der Waals surface area contributed by atoms with Gasteiger partial charge in [0.15, 0.2) is 0 Å². The summed E-state index contributed by atoms with van der Waals surface area (Å²) >= 11 is 1.56. The van der Waals surface area contributed by atoms with Crippen LogP contribution in [0.2, 0.25) is 0 Å². The van der Waals surface area contributed by atoms with Crippen molar-refractivity contribution in [2.45, 2.75) is 37.6 Å². The average Bonchev–Trinajstić information content (AvgIpc) is 2.58. The number of carbonyl (C=O) groups excluding carboxylic acids is 1. The van der Waals surface area contributed by atoms with Gasteiger partial charge in [-0.15, -0.1) is 11.8 Å². The molecule has 1 N–H and O–H groups in total. The van der Waals surface area contributed by atoms with Gasteiger partial charge in [-0.05, 0) is 40.8 Å². The minimum Gasteiger partial charge on any atom is -0.497 e. The molecule has 0 spiro atoms. The zero-order valence-corrected chi connectivity index (χ0v) is 15.6. The summed E-state index contributed by atoms with van der Waals surface area (Å²) in [6.45, 7) is 7.12. The van der Waals surface area contributed by atoms with E-state index in [1.165, 1.54) is 5.56 Å². The smallest absolute Gasteiger partial charge is 0.230 e. The maximum atomic E-state index is 12.0. The maximum absolute atomic E-state index is 12.0. The van der Waals surface area contributed by atoms with Crippen molar-refractivity contribution in [2.75, 3.05) is 12.9 Å². The quantitative estimate of drug-likeness (QED) is 0.790. The molecule has 0 bridgehead atoms. The summed E-state index contributed by atoms with van der Waals surface area (Å²) in [5.41, 5.74) is 2.51. The molecule has 0 saturated heterocycles. The molecule has 0 atom stereocenters. The van der Waals surface area contributed by atoms with E-state index in [9.17, 15) is 4.79 Å². The summed E-state index contributed by atoms with van der Waals surface area (Å²) in [6.07, 6.45) is 0. The Labute approximate surface area is 148 Å². The maximum Gasteiger partial charge on any atom is 0.230 e. The third-order valence-electron chi connectivity index (χ3n) is 3.74. The van der Waals surface area contributed by atoms with Crippen molar-refractivity contribution in [1.82, 2.24) is 5.32 Å². The molecule has 4 heteroatoms. The molecule has 2 aromatic rings. The van der Waals surface area contributed by atoms with Crippen LogP contribution in [-0.2, 0) is 16.8 Å². The van der Waals surface area contributed by atoms with Gasteiger partial charge in [0.05, 0.1) is 12.9 Å². The third-order valence-corrected chi connectivity index (χ3v) is 4.75. The van der Waals surface area contributed by atoms with Crippen LogP contribution in [0.3, 0.4) is 0 Å². The molecule has 1 amide bonds. The fourth-order valence-corrected chi connectivity index (χ4v) is 2.92. The van der Waals surface area contributed by atoms with Crippen LogP contribution < -0.4 is 10.1 Å². The molecule has 0 fully saturated rings. The predicted octanol–water partition coefficient (Wildman–Crippen LogP) is 4.40. The van der Waals surface area contributed by atoms with Crippen molar-refractivity contribution in [2.24, 2.45) is 0 Å². The molecule has 0 aromatic heterocycles. The molecule has 128 valence electrons. The van der Waals surface area contributed by atoms with Crippen molar-refractivity contribution in [3.63, 3.8) is 0 Å². The average molecular weight is 343 g/mol. The lowest BCUT2D eigenvalue weighted by molar-refractivity contribution is -0.118. The summed E-state index contributed by atoms with van der Waals surface area (Å²) < 4.78 is 5.12. The number of rotatable bonds is 6. The molecule has 0 aliphatic heterocycles. The van der Waals surface area contributed by atoms with Crippen LogP contribution in [-0.4, -0.2) is 18.8 Å². The van der Waals surface area contributed by atoms with Gasteiger partial charge in [-0.3, -0.25) is 4.79 Å². The van der Waals surface area contributed by atoms with Gasteiger partial charge in [0.2, 0.25) is 5.91 Å². The molecule has 24 heavy (non-hydrogen) atoms. The van der Waals surface area contributed by atoms with E-state index in [0.717, 1.165) is 16.2 Å². The zero-order chi connectivity index (χ0) is 17.6. The van der Waals surface area contributed by atoms with Gasteiger partial charge < -0.3 is 10.1 Å². The first kappa shape index (κ1) is 18.4. The lowest BCUT2D eigenvalue weighted by atomic mass is 9.87. The van der Waals surface area contributed by atoms with Crippen LogP contribution >= 0.6 is 11.8 Å². The van der Waals surface area contributed by atoms with Gasteiger partial charge in [0.1, 0.15) is 5.75 Å². The molecular weight excluding hydrogens is 318 g/mol. The Morgan fingerprint density at radius 3 is 2.21 bits per heavy atom. The van der Waals surface area contributed by atoms with Crippen LogP contribution in [0.4, 0.5) is 0 Å². The van der Waals surface area contributed by atoms with Crippen molar-refractivity contribution < 1.29 is 9.53 Å². The Kier molecular flexibility index (Phi) is 6.32. The number of thioether (sulfide) groups is 1. The fourth-order valence-electron chi connectivity index (χ4n) is 2.20. The normalized spacial score (nSPS) is 11.2. The second-order valence-corrected chi connectivity index (χ2v) is 7.74. The van der Waals surface area contributed by atoms with Crippen LogP contribution in [0.15, 0.2) is 53.4 Å². The highest BCUT2D eigenvalue weighted by molar-refractivity contribution is 8.00. The Balaban J connectivity index is 1.78. The number of hydrogen-bond acceptors (Lipinski definition) is 3. The first-order valence-electron chi connectivity index (χ1n) is 8.01. The summed E-state index contributed by atoms with van der Waals surface area (Å²) in [7, 11) is 1.64. The Morgan fingerprint density at radius 2 is 1.67 bits per heavy atom. The number of hydrogen-bond donors (Lipinski definition) is 1. The minimum atomic E-state index is 0.0377. The standard InChI is InChI=1S/C20H25NO2S/c1-20(2,3)16-7-11-18(12-8-16)24-14-19(22)21-13-15-5-9-17(23-4)10-6-15/h5-12H,13-14H2,1-4H3,(H,21,22). The zero-order valence-electron chi connectivity index (χ0n) is 14.8. The van der Waals surface area contributed by atoms with E-state index in [1.54, 1.807) is 18.9 Å². The SMILES string of the molecule is COc1ccc(CNC(=O)CSc2ccc(C(C)(C)C)cc2)cc1. The number of ether oxygens (including phenoxy) is 1. The molecule has 0 radical (unpaired) electrons. The number of benzene rings is 2. The Morgan fingerprint density at radius 1 is 1.04 bits per heavy atom. The van der Waals surface area contributed by atoms with Crippen molar-refractivity contribution in [3.8, 4) is 5.75 Å². The highest BCUT2D eigenvalue weighted by Gasteiger charge is 2.13.